The summed E-state index contributed by atoms with van der Waals surface area (Å²) in [5, 5.41) is 0. The number of carbonyl (C=O) groups is 1. The second-order valence-corrected chi connectivity index (χ2v) is 9.04. The molecule has 0 spiro atoms. The van der Waals surface area contributed by atoms with Gasteiger partial charge >= 0.3 is 5.97 Å². The fraction of sp³-hybridized carbons (Fsp3) is 0.296. The van der Waals surface area contributed by atoms with Crippen LogP contribution in [0.4, 0.5) is 0 Å². The summed E-state index contributed by atoms with van der Waals surface area (Å²) < 4.78 is 28.9. The van der Waals surface area contributed by atoms with Crippen LogP contribution >= 0.6 is 11.3 Å². The number of esters is 1. The van der Waals surface area contributed by atoms with Crippen LogP contribution in [0.5, 0.6) is 23.0 Å². The minimum Gasteiger partial charge on any atom is -0.497 e. The maximum absolute atomic E-state index is 13.8. The quantitative estimate of drug-likeness (QED) is 0.418. The number of benzene rings is 2. The van der Waals surface area contributed by atoms with Crippen LogP contribution in [-0.2, 0) is 9.53 Å². The molecule has 0 saturated heterocycles. The van der Waals surface area contributed by atoms with Gasteiger partial charge in [-0.1, -0.05) is 23.5 Å². The van der Waals surface area contributed by atoms with E-state index in [1.165, 1.54) is 37.2 Å². The number of hydrogen-bond donors (Lipinski definition) is 0. The molecule has 4 rings (SSSR count). The minimum absolute atomic E-state index is 0.205. The van der Waals surface area contributed by atoms with Gasteiger partial charge in [0.15, 0.2) is 16.3 Å². The average molecular weight is 525 g/mol. The van der Waals surface area contributed by atoms with Crippen molar-refractivity contribution in [1.82, 2.24) is 4.57 Å². The molecule has 0 N–H and O–H groups in total. The molecule has 10 heteroatoms. The third-order valence-electron chi connectivity index (χ3n) is 5.93. The third kappa shape index (κ3) is 4.84. The topological polar surface area (TPSA) is 97.6 Å². The number of hydrogen-bond acceptors (Lipinski definition) is 9. The largest absolute Gasteiger partial charge is 0.497 e. The second-order valence-electron chi connectivity index (χ2n) is 8.03. The summed E-state index contributed by atoms with van der Waals surface area (Å²) in [5.74, 6) is 1.55. The van der Waals surface area contributed by atoms with E-state index < -0.39 is 12.0 Å². The maximum atomic E-state index is 13.8. The van der Waals surface area contributed by atoms with Gasteiger partial charge in [-0.3, -0.25) is 9.36 Å². The van der Waals surface area contributed by atoms with E-state index in [4.69, 9.17) is 23.7 Å². The van der Waals surface area contributed by atoms with Crippen LogP contribution in [0, 0.1) is 0 Å². The SMILES string of the molecule is CCOC(=O)C1=C(C)N=c2s/c(=C/c3cc(OC)c(OC)c(OC)c3)c(=O)n2[C@H]1c1ccc(OC)cc1. The number of rotatable bonds is 8. The van der Waals surface area contributed by atoms with E-state index in [2.05, 4.69) is 4.99 Å². The summed E-state index contributed by atoms with van der Waals surface area (Å²) in [6, 6.07) is 10.1. The van der Waals surface area contributed by atoms with Gasteiger partial charge in [-0.2, -0.15) is 0 Å². The number of thiazole rings is 1. The molecular formula is C27H28N2O7S. The van der Waals surface area contributed by atoms with Crippen molar-refractivity contribution in [3.05, 3.63) is 78.5 Å². The van der Waals surface area contributed by atoms with E-state index in [9.17, 15) is 9.59 Å². The van der Waals surface area contributed by atoms with E-state index >= 15 is 0 Å². The Hall–Kier alpha value is -4.05. The van der Waals surface area contributed by atoms with E-state index in [0.717, 1.165) is 5.56 Å². The first-order chi connectivity index (χ1) is 17.9. The normalized spacial score (nSPS) is 15.1. The van der Waals surface area contributed by atoms with Crippen LogP contribution in [0.15, 0.2) is 57.5 Å². The summed E-state index contributed by atoms with van der Waals surface area (Å²) in [4.78, 5) is 31.9. The third-order valence-corrected chi connectivity index (χ3v) is 6.92. The van der Waals surface area contributed by atoms with Gasteiger partial charge in [0.05, 0.1) is 56.9 Å². The van der Waals surface area contributed by atoms with Gasteiger partial charge in [-0.05, 0) is 55.3 Å². The Kier molecular flexibility index (Phi) is 7.68. The van der Waals surface area contributed by atoms with E-state index in [0.29, 0.717) is 49.2 Å². The van der Waals surface area contributed by atoms with Crippen LogP contribution < -0.4 is 33.8 Å². The van der Waals surface area contributed by atoms with Crippen molar-refractivity contribution in [2.24, 2.45) is 4.99 Å². The molecule has 0 unspecified atom stereocenters. The highest BCUT2D eigenvalue weighted by Crippen LogP contribution is 2.38. The standard InChI is InChI=1S/C27H28N2O7S/c1-7-36-26(31)22-15(2)28-27-29(23(22)17-8-10-18(32-3)11-9-17)25(30)21(37-27)14-16-12-19(33-4)24(35-6)20(13-16)34-5/h8-14,23H,7H2,1-6H3/b21-14+/t23-/m0/s1. The number of carbonyl (C=O) groups excluding carboxylic acids is 1. The van der Waals surface area contributed by atoms with Gasteiger partial charge < -0.3 is 23.7 Å². The average Bonchev–Trinajstić information content (AvgIpc) is 3.21. The Morgan fingerprint density at radius 1 is 1.03 bits per heavy atom. The molecule has 0 amide bonds. The van der Waals surface area contributed by atoms with Gasteiger partial charge in [0, 0.05) is 0 Å². The van der Waals surface area contributed by atoms with Crippen LogP contribution in [0.1, 0.15) is 31.0 Å². The monoisotopic (exact) mass is 524 g/mol. The van der Waals surface area contributed by atoms with Crippen LogP contribution in [0.2, 0.25) is 0 Å². The molecule has 194 valence electrons. The first-order valence-corrected chi connectivity index (χ1v) is 12.3. The van der Waals surface area contributed by atoms with Crippen LogP contribution in [0.25, 0.3) is 6.08 Å². The van der Waals surface area contributed by atoms with Crippen LogP contribution in [-0.4, -0.2) is 45.6 Å². The number of aromatic nitrogens is 1. The highest BCUT2D eigenvalue weighted by atomic mass is 32.1. The fourth-order valence-corrected chi connectivity index (χ4v) is 5.28. The van der Waals surface area contributed by atoms with E-state index in [1.807, 2.05) is 12.1 Å². The molecule has 2 heterocycles. The number of nitrogens with zero attached hydrogens (tertiary/aromatic N) is 2. The molecule has 0 bridgehead atoms. The zero-order valence-electron chi connectivity index (χ0n) is 21.5. The van der Waals surface area contributed by atoms with Gasteiger partial charge in [0.2, 0.25) is 5.75 Å². The fourth-order valence-electron chi connectivity index (χ4n) is 4.23. The molecule has 0 fully saturated rings. The highest BCUT2D eigenvalue weighted by Gasteiger charge is 2.33. The Balaban J connectivity index is 1.94. The zero-order valence-corrected chi connectivity index (χ0v) is 22.3. The Morgan fingerprint density at radius 2 is 1.68 bits per heavy atom. The minimum atomic E-state index is -0.705. The zero-order chi connectivity index (χ0) is 26.7. The predicted octanol–water partition coefficient (Wildman–Crippen LogP) is 2.83. The molecule has 3 aromatic rings. The first-order valence-electron chi connectivity index (χ1n) is 11.5. The molecule has 37 heavy (non-hydrogen) atoms. The number of ether oxygens (including phenoxy) is 5. The second kappa shape index (κ2) is 10.9. The molecule has 0 saturated carbocycles. The highest BCUT2D eigenvalue weighted by molar-refractivity contribution is 7.07. The summed E-state index contributed by atoms with van der Waals surface area (Å²) in [6.07, 6.45) is 1.74. The molecule has 0 radical (unpaired) electrons. The lowest BCUT2D eigenvalue weighted by Gasteiger charge is -2.24. The van der Waals surface area contributed by atoms with Crippen molar-refractivity contribution < 1.29 is 28.5 Å². The van der Waals surface area contributed by atoms with Gasteiger partial charge in [-0.15, -0.1) is 0 Å². The predicted molar refractivity (Wildman–Crippen MR) is 139 cm³/mol. The molecule has 1 atom stereocenters. The van der Waals surface area contributed by atoms with Crippen molar-refractivity contribution in [3.63, 3.8) is 0 Å². The number of methoxy groups -OCH3 is 4. The van der Waals surface area contributed by atoms with Crippen molar-refractivity contribution in [3.8, 4) is 23.0 Å². The maximum Gasteiger partial charge on any atom is 0.338 e. The van der Waals surface area contributed by atoms with Crippen molar-refractivity contribution in [2.45, 2.75) is 19.9 Å². The lowest BCUT2D eigenvalue weighted by Crippen LogP contribution is -2.39. The molecule has 1 aliphatic rings. The summed E-state index contributed by atoms with van der Waals surface area (Å²) in [7, 11) is 6.17. The summed E-state index contributed by atoms with van der Waals surface area (Å²) in [6.45, 7) is 3.69. The molecule has 1 aromatic heterocycles. The van der Waals surface area contributed by atoms with Crippen LogP contribution in [0.3, 0.4) is 0 Å². The van der Waals surface area contributed by atoms with Crippen molar-refractivity contribution in [1.29, 1.82) is 0 Å². The Labute approximate surface area is 217 Å². The van der Waals surface area contributed by atoms with Gasteiger partial charge in [0.1, 0.15) is 5.75 Å². The van der Waals surface area contributed by atoms with Crippen molar-refractivity contribution in [2.75, 3.05) is 35.0 Å². The summed E-state index contributed by atoms with van der Waals surface area (Å²) >= 11 is 1.23. The first kappa shape index (κ1) is 26.0. The van der Waals surface area contributed by atoms with Gasteiger partial charge in [0.25, 0.3) is 5.56 Å². The van der Waals surface area contributed by atoms with Crippen molar-refractivity contribution >= 4 is 23.4 Å². The number of allylic oxidation sites excluding steroid dienone is 1. The lowest BCUT2D eigenvalue weighted by atomic mass is 9.96. The number of fused-ring (bicyclic) bond motifs is 1. The molecule has 2 aromatic carbocycles. The molecule has 0 aliphatic carbocycles. The van der Waals surface area contributed by atoms with E-state index in [1.54, 1.807) is 51.3 Å². The molecular weight excluding hydrogens is 496 g/mol. The smallest absolute Gasteiger partial charge is 0.338 e. The Bertz CT molecular complexity index is 1510. The lowest BCUT2D eigenvalue weighted by molar-refractivity contribution is -0.139. The van der Waals surface area contributed by atoms with Gasteiger partial charge in [-0.25, -0.2) is 9.79 Å². The Morgan fingerprint density at radius 3 is 2.22 bits per heavy atom. The molecule has 1 aliphatic heterocycles. The molecule has 9 nitrogen and oxygen atoms in total. The van der Waals surface area contributed by atoms with E-state index in [-0.39, 0.29) is 12.2 Å². The summed E-state index contributed by atoms with van der Waals surface area (Å²) in [5.41, 5.74) is 1.95.